The van der Waals surface area contributed by atoms with E-state index in [9.17, 15) is 24.3 Å². The second-order valence-electron chi connectivity index (χ2n) is 9.00. The summed E-state index contributed by atoms with van der Waals surface area (Å²) < 4.78 is 10.1. The molecule has 10 heteroatoms. The number of carbonyl (C=O) groups excluding carboxylic acids is 3. The third-order valence-corrected chi connectivity index (χ3v) is 7.70. The summed E-state index contributed by atoms with van der Waals surface area (Å²) in [6, 6.07) is 11.5. The highest BCUT2D eigenvalue weighted by Crippen LogP contribution is 2.50. The highest BCUT2D eigenvalue weighted by Gasteiger charge is 2.64. The number of amides is 2. The van der Waals surface area contributed by atoms with Crippen molar-refractivity contribution in [1.29, 1.82) is 0 Å². The van der Waals surface area contributed by atoms with Crippen LogP contribution in [-0.4, -0.2) is 63.1 Å². The lowest BCUT2D eigenvalue weighted by Crippen LogP contribution is -2.71. The third-order valence-electron chi connectivity index (χ3n) is 6.13. The average molecular weight is 499 g/mol. The Morgan fingerprint density at radius 1 is 1.11 bits per heavy atom. The summed E-state index contributed by atoms with van der Waals surface area (Å²) in [6.45, 7) is 5.37. The van der Waals surface area contributed by atoms with E-state index in [1.54, 1.807) is 62.4 Å². The van der Waals surface area contributed by atoms with E-state index in [0.29, 0.717) is 11.3 Å². The van der Waals surface area contributed by atoms with Crippen LogP contribution in [-0.2, 0) is 19.2 Å². The number of aliphatic carboxylic acids is 1. The van der Waals surface area contributed by atoms with Gasteiger partial charge in [0.25, 0.3) is 0 Å². The van der Waals surface area contributed by atoms with E-state index in [1.807, 2.05) is 6.92 Å². The molecular weight excluding hydrogens is 472 g/mol. The summed E-state index contributed by atoms with van der Waals surface area (Å²) in [5, 5.41) is 11.7. The van der Waals surface area contributed by atoms with Crippen molar-refractivity contribution < 1.29 is 33.8 Å². The van der Waals surface area contributed by atoms with Crippen molar-refractivity contribution in [1.82, 2.24) is 10.2 Å². The zero-order valence-electron chi connectivity index (χ0n) is 19.7. The predicted octanol–water partition coefficient (Wildman–Crippen LogP) is 2.32. The number of carboxylic acids is 1. The lowest BCUT2D eigenvalue weighted by Gasteiger charge is -2.43. The van der Waals surface area contributed by atoms with E-state index >= 15 is 0 Å². The van der Waals surface area contributed by atoms with Crippen LogP contribution in [0.2, 0.25) is 0 Å². The second kappa shape index (κ2) is 9.26. The van der Waals surface area contributed by atoms with Gasteiger partial charge in [0.15, 0.2) is 17.4 Å². The molecule has 2 heterocycles. The number of nitrogens with one attached hydrogen (secondary N) is 1. The fourth-order valence-corrected chi connectivity index (χ4v) is 6.07. The minimum absolute atomic E-state index is 0.167. The van der Waals surface area contributed by atoms with Crippen molar-refractivity contribution in [3.05, 3.63) is 59.7 Å². The lowest BCUT2D eigenvalue weighted by atomic mass is 9.94. The van der Waals surface area contributed by atoms with Crippen LogP contribution in [0.1, 0.15) is 30.9 Å². The molecule has 2 amide bonds. The smallest absolute Gasteiger partial charge is 0.328 e. The van der Waals surface area contributed by atoms with Crippen LogP contribution in [0.15, 0.2) is 48.5 Å². The number of ether oxygens (including phenoxy) is 2. The fourth-order valence-electron chi connectivity index (χ4n) is 4.45. The van der Waals surface area contributed by atoms with Crippen molar-refractivity contribution in [2.45, 2.75) is 48.9 Å². The monoisotopic (exact) mass is 498 g/mol. The Balaban J connectivity index is 1.57. The van der Waals surface area contributed by atoms with Crippen LogP contribution in [0.5, 0.6) is 11.5 Å². The quantitative estimate of drug-likeness (QED) is 0.258. The summed E-state index contributed by atoms with van der Waals surface area (Å²) in [6.07, 6.45) is 0. The lowest BCUT2D eigenvalue weighted by molar-refractivity contribution is -0.161. The summed E-state index contributed by atoms with van der Waals surface area (Å²) in [5.41, 5.74) is 1.30. The van der Waals surface area contributed by atoms with Gasteiger partial charge in [-0.15, -0.1) is 11.8 Å². The van der Waals surface area contributed by atoms with E-state index < -0.39 is 51.9 Å². The van der Waals surface area contributed by atoms with Gasteiger partial charge >= 0.3 is 11.9 Å². The molecule has 2 N–H and O–H groups in total. The molecule has 2 aliphatic heterocycles. The van der Waals surface area contributed by atoms with Crippen LogP contribution >= 0.6 is 11.8 Å². The normalized spacial score (nSPS) is 23.0. The molecule has 0 bridgehead atoms. The number of hydrogen-bond donors (Lipinski definition) is 2. The Morgan fingerprint density at radius 3 is 2.43 bits per heavy atom. The fraction of sp³-hybridized carbons (Fsp3) is 0.360. The maximum Gasteiger partial charge on any atom is 0.328 e. The highest BCUT2D eigenvalue weighted by molar-refractivity contribution is 8.01. The largest absolute Gasteiger partial charge is 0.493 e. The van der Waals surface area contributed by atoms with Crippen molar-refractivity contribution in [3.63, 3.8) is 0 Å². The minimum Gasteiger partial charge on any atom is -0.493 e. The molecule has 9 nitrogen and oxygen atoms in total. The number of carboxylic acid groups (broad SMARTS) is 1. The number of aryl methyl sites for hydroxylation is 1. The minimum atomic E-state index is -1.35. The maximum absolute atomic E-state index is 13.4. The molecule has 2 aromatic carbocycles. The Bertz CT molecular complexity index is 1180. The molecule has 4 unspecified atom stereocenters. The zero-order valence-corrected chi connectivity index (χ0v) is 20.5. The second-order valence-corrected chi connectivity index (χ2v) is 10.8. The first-order valence-corrected chi connectivity index (χ1v) is 11.9. The molecule has 0 aliphatic carbocycles. The van der Waals surface area contributed by atoms with Crippen molar-refractivity contribution in [2.24, 2.45) is 0 Å². The van der Waals surface area contributed by atoms with Crippen molar-refractivity contribution in [3.8, 4) is 11.5 Å². The molecule has 4 atom stereocenters. The molecule has 0 radical (unpaired) electrons. The molecular formula is C25H26N2O7S. The van der Waals surface area contributed by atoms with E-state index in [-0.39, 0.29) is 5.75 Å². The Kier molecular flexibility index (Phi) is 6.50. The Morgan fingerprint density at radius 2 is 1.80 bits per heavy atom. The molecule has 0 saturated carbocycles. The van der Waals surface area contributed by atoms with Crippen LogP contribution < -0.4 is 14.8 Å². The number of nitrogens with zero attached hydrogens (tertiary/aromatic N) is 1. The van der Waals surface area contributed by atoms with Gasteiger partial charge in [0.1, 0.15) is 17.5 Å². The van der Waals surface area contributed by atoms with Gasteiger partial charge in [-0.1, -0.05) is 36.4 Å². The zero-order chi connectivity index (χ0) is 25.5. The topological polar surface area (TPSA) is 122 Å². The highest BCUT2D eigenvalue weighted by atomic mass is 32.2. The van der Waals surface area contributed by atoms with E-state index in [0.717, 1.165) is 5.56 Å². The van der Waals surface area contributed by atoms with Crippen LogP contribution in [0, 0.1) is 6.92 Å². The number of benzene rings is 2. The number of methoxy groups -OCH3 is 1. The van der Waals surface area contributed by atoms with Gasteiger partial charge in [0.05, 0.1) is 7.11 Å². The average Bonchev–Trinajstić information content (AvgIpc) is 3.07. The Hall–Kier alpha value is -3.53. The van der Waals surface area contributed by atoms with Gasteiger partial charge in [-0.25, -0.2) is 4.79 Å². The number of fused-ring (bicyclic) bond motifs is 1. The van der Waals surface area contributed by atoms with E-state index in [1.165, 1.54) is 23.8 Å². The molecule has 2 aliphatic rings. The van der Waals surface area contributed by atoms with Gasteiger partial charge < -0.3 is 24.8 Å². The van der Waals surface area contributed by atoms with Crippen LogP contribution in [0.3, 0.4) is 0 Å². The van der Waals surface area contributed by atoms with Gasteiger partial charge in [0, 0.05) is 4.75 Å². The number of rotatable bonds is 7. The van der Waals surface area contributed by atoms with Gasteiger partial charge in [-0.3, -0.25) is 14.4 Å². The molecule has 2 aromatic rings. The number of carbonyl (C=O) groups is 4. The van der Waals surface area contributed by atoms with E-state index in [4.69, 9.17) is 9.47 Å². The first-order chi connectivity index (χ1) is 16.5. The number of thioether (sulfide) groups is 1. The molecule has 0 aromatic heterocycles. The molecule has 184 valence electrons. The molecule has 0 spiro atoms. The standard InChI is InChI=1S/C25H26N2O7S/c1-13-10-11-15(16(12-13)33-4)34-24(32)17(14-8-6-5-7-9-14)20(28)26-18-21(29)27-19(23(30)31)25(2,3)35-22(18)27/h5-12,17-19,22H,1-4H3,(H,26,28)(H,30,31). The van der Waals surface area contributed by atoms with Crippen molar-refractivity contribution in [2.75, 3.05) is 7.11 Å². The predicted molar refractivity (Wildman–Crippen MR) is 128 cm³/mol. The first-order valence-electron chi connectivity index (χ1n) is 11.0. The summed E-state index contributed by atoms with van der Waals surface area (Å²) in [7, 11) is 1.45. The third kappa shape index (κ3) is 4.45. The number of esters is 1. The summed E-state index contributed by atoms with van der Waals surface area (Å²) in [5.74, 6) is -3.96. The van der Waals surface area contributed by atoms with E-state index in [2.05, 4.69) is 5.32 Å². The summed E-state index contributed by atoms with van der Waals surface area (Å²) >= 11 is 1.31. The molecule has 35 heavy (non-hydrogen) atoms. The maximum atomic E-state index is 13.4. The number of hydrogen-bond acceptors (Lipinski definition) is 7. The molecule has 2 fully saturated rings. The van der Waals surface area contributed by atoms with Gasteiger partial charge in [-0.2, -0.15) is 0 Å². The SMILES string of the molecule is COc1cc(C)ccc1OC(=O)C(C(=O)NC1C(=O)N2C1SC(C)(C)C2C(=O)O)c1ccccc1. The molecule has 2 saturated heterocycles. The Labute approximate surface area is 206 Å². The summed E-state index contributed by atoms with van der Waals surface area (Å²) in [4.78, 5) is 52.4. The number of β-lactam (4-membered cyclic amide) rings is 1. The van der Waals surface area contributed by atoms with Gasteiger partial charge in [-0.05, 0) is 44.0 Å². The van der Waals surface area contributed by atoms with Crippen LogP contribution in [0.25, 0.3) is 0 Å². The van der Waals surface area contributed by atoms with Crippen molar-refractivity contribution >= 4 is 35.5 Å². The van der Waals surface area contributed by atoms with Crippen LogP contribution in [0.4, 0.5) is 0 Å². The molecule has 4 rings (SSSR count). The van der Waals surface area contributed by atoms with Gasteiger partial charge in [0.2, 0.25) is 11.8 Å². The first kappa shape index (κ1) is 24.6.